The summed E-state index contributed by atoms with van der Waals surface area (Å²) in [6, 6.07) is 0.454. The van der Waals surface area contributed by atoms with Gasteiger partial charge in [-0.25, -0.2) is 0 Å². The van der Waals surface area contributed by atoms with E-state index in [0.29, 0.717) is 6.04 Å². The van der Waals surface area contributed by atoms with Crippen LogP contribution >= 0.6 is 0 Å². The summed E-state index contributed by atoms with van der Waals surface area (Å²) >= 11 is 0. The third-order valence-electron chi connectivity index (χ3n) is 1.61. The quantitative estimate of drug-likeness (QED) is 0.447. The van der Waals surface area contributed by atoms with Crippen LogP contribution in [0.15, 0.2) is 12.7 Å². The van der Waals surface area contributed by atoms with Crippen LogP contribution in [0, 0.1) is 0 Å². The van der Waals surface area contributed by atoms with E-state index >= 15 is 0 Å². The van der Waals surface area contributed by atoms with Crippen molar-refractivity contribution < 1.29 is 4.74 Å². The summed E-state index contributed by atoms with van der Waals surface area (Å²) in [6.45, 7) is 7.71. The van der Waals surface area contributed by atoms with Crippen molar-refractivity contribution in [2.45, 2.75) is 25.8 Å². The van der Waals surface area contributed by atoms with Gasteiger partial charge in [0.1, 0.15) is 0 Å². The molecule has 1 N–H and O–H groups in total. The molecule has 1 atom stereocenters. The molecule has 11 heavy (non-hydrogen) atoms. The van der Waals surface area contributed by atoms with Crippen molar-refractivity contribution in [2.24, 2.45) is 0 Å². The van der Waals surface area contributed by atoms with Gasteiger partial charge in [0.25, 0.3) is 0 Å². The molecule has 66 valence electrons. The Hall–Kier alpha value is -0.340. The molecular weight excluding hydrogens is 138 g/mol. The monoisotopic (exact) mass is 157 g/mol. The summed E-state index contributed by atoms with van der Waals surface area (Å²) in [5, 5.41) is 3.32. The van der Waals surface area contributed by atoms with Crippen LogP contribution in [-0.4, -0.2) is 26.3 Å². The topological polar surface area (TPSA) is 21.3 Å². The van der Waals surface area contributed by atoms with E-state index in [1.165, 1.54) is 0 Å². The molecule has 0 bridgehead atoms. The summed E-state index contributed by atoms with van der Waals surface area (Å²) in [6.07, 6.45) is 4.17. The van der Waals surface area contributed by atoms with E-state index in [0.717, 1.165) is 26.0 Å². The molecule has 0 aromatic rings. The van der Waals surface area contributed by atoms with E-state index in [9.17, 15) is 0 Å². The van der Waals surface area contributed by atoms with Gasteiger partial charge in [0.2, 0.25) is 0 Å². The first kappa shape index (κ1) is 10.7. The molecule has 1 unspecified atom stereocenters. The van der Waals surface area contributed by atoms with Crippen LogP contribution in [0.25, 0.3) is 0 Å². The molecule has 0 aliphatic rings. The van der Waals surface area contributed by atoms with E-state index in [1.54, 1.807) is 7.11 Å². The number of hydrogen-bond donors (Lipinski definition) is 1. The fourth-order valence-electron chi connectivity index (χ4n) is 1.01. The Morgan fingerprint density at radius 1 is 1.64 bits per heavy atom. The third-order valence-corrected chi connectivity index (χ3v) is 1.61. The van der Waals surface area contributed by atoms with Gasteiger partial charge in [0.05, 0.1) is 0 Å². The minimum Gasteiger partial charge on any atom is -0.385 e. The number of rotatable bonds is 7. The van der Waals surface area contributed by atoms with Gasteiger partial charge in [0, 0.05) is 19.8 Å². The number of ether oxygens (including phenoxy) is 1. The summed E-state index contributed by atoms with van der Waals surface area (Å²) in [5.41, 5.74) is 0. The lowest BCUT2D eigenvalue weighted by molar-refractivity contribution is 0.190. The van der Waals surface area contributed by atoms with E-state index < -0.39 is 0 Å². The molecule has 0 rings (SSSR count). The molecule has 0 saturated heterocycles. The van der Waals surface area contributed by atoms with Crippen LogP contribution in [0.1, 0.15) is 19.8 Å². The predicted molar refractivity (Wildman–Crippen MR) is 48.8 cm³/mol. The van der Waals surface area contributed by atoms with Gasteiger partial charge >= 0.3 is 0 Å². The highest BCUT2D eigenvalue weighted by Gasteiger charge is 1.99. The number of methoxy groups -OCH3 is 1. The van der Waals surface area contributed by atoms with Gasteiger partial charge in [-0.1, -0.05) is 13.0 Å². The van der Waals surface area contributed by atoms with Crippen LogP contribution < -0.4 is 5.32 Å². The van der Waals surface area contributed by atoms with Gasteiger partial charge in [0.15, 0.2) is 0 Å². The first-order valence-electron chi connectivity index (χ1n) is 4.20. The summed E-state index contributed by atoms with van der Waals surface area (Å²) < 4.78 is 4.95. The maximum absolute atomic E-state index is 4.95. The van der Waals surface area contributed by atoms with Crippen molar-refractivity contribution >= 4 is 0 Å². The molecule has 0 aromatic heterocycles. The van der Waals surface area contributed by atoms with Gasteiger partial charge in [-0.05, 0) is 19.4 Å². The lowest BCUT2D eigenvalue weighted by Gasteiger charge is -2.11. The van der Waals surface area contributed by atoms with E-state index in [-0.39, 0.29) is 0 Å². The van der Waals surface area contributed by atoms with Crippen molar-refractivity contribution in [3.8, 4) is 0 Å². The Labute approximate surface area is 69.6 Å². The van der Waals surface area contributed by atoms with Crippen molar-refractivity contribution in [2.75, 3.05) is 20.3 Å². The standard InChI is InChI=1S/C9H19NO/c1-4-9(10-5-2)7-6-8-11-3/h4,9-10H,1,5-8H2,2-3H3. The maximum atomic E-state index is 4.95. The molecule has 0 aliphatic heterocycles. The molecular formula is C9H19NO. The molecule has 2 heteroatoms. The third kappa shape index (κ3) is 6.07. The molecule has 0 saturated carbocycles. The van der Waals surface area contributed by atoms with Crippen LogP contribution in [0.4, 0.5) is 0 Å². The molecule has 0 amide bonds. The Kier molecular flexibility index (Phi) is 7.52. The molecule has 0 aromatic carbocycles. The van der Waals surface area contributed by atoms with Gasteiger partial charge in [-0.15, -0.1) is 6.58 Å². The number of nitrogens with one attached hydrogen (secondary N) is 1. The predicted octanol–water partition coefficient (Wildman–Crippen LogP) is 1.58. The molecule has 0 fully saturated rings. The minimum absolute atomic E-state index is 0.454. The Bertz CT molecular complexity index is 93.6. The van der Waals surface area contributed by atoms with Crippen LogP contribution in [0.3, 0.4) is 0 Å². The molecule has 2 nitrogen and oxygen atoms in total. The van der Waals surface area contributed by atoms with Crippen molar-refractivity contribution in [3.63, 3.8) is 0 Å². The van der Waals surface area contributed by atoms with E-state index in [2.05, 4.69) is 18.8 Å². The van der Waals surface area contributed by atoms with Crippen molar-refractivity contribution in [3.05, 3.63) is 12.7 Å². The van der Waals surface area contributed by atoms with Crippen LogP contribution in [0.2, 0.25) is 0 Å². The second-order valence-electron chi connectivity index (χ2n) is 2.53. The van der Waals surface area contributed by atoms with Crippen molar-refractivity contribution in [1.29, 1.82) is 0 Å². The highest BCUT2D eigenvalue weighted by Crippen LogP contribution is 1.97. The van der Waals surface area contributed by atoms with Crippen LogP contribution in [0.5, 0.6) is 0 Å². The van der Waals surface area contributed by atoms with E-state index in [4.69, 9.17) is 4.74 Å². The smallest absolute Gasteiger partial charge is 0.0462 e. The molecule has 0 heterocycles. The largest absolute Gasteiger partial charge is 0.385 e. The first-order chi connectivity index (χ1) is 5.35. The average Bonchev–Trinajstić information content (AvgIpc) is 2.03. The number of likely N-dealkylation sites (N-methyl/N-ethyl adjacent to an activating group) is 1. The summed E-state index contributed by atoms with van der Waals surface area (Å²) in [7, 11) is 1.73. The zero-order valence-corrected chi connectivity index (χ0v) is 7.60. The fraction of sp³-hybridized carbons (Fsp3) is 0.778. The Morgan fingerprint density at radius 3 is 2.82 bits per heavy atom. The fourth-order valence-corrected chi connectivity index (χ4v) is 1.01. The second-order valence-corrected chi connectivity index (χ2v) is 2.53. The molecule has 0 spiro atoms. The lowest BCUT2D eigenvalue weighted by atomic mass is 10.1. The Morgan fingerprint density at radius 2 is 2.36 bits per heavy atom. The molecule has 0 radical (unpaired) electrons. The first-order valence-corrected chi connectivity index (χ1v) is 4.20. The summed E-state index contributed by atoms with van der Waals surface area (Å²) in [4.78, 5) is 0. The van der Waals surface area contributed by atoms with Gasteiger partial charge < -0.3 is 10.1 Å². The second kappa shape index (κ2) is 7.76. The Balaban J connectivity index is 3.28. The van der Waals surface area contributed by atoms with Gasteiger partial charge in [-0.3, -0.25) is 0 Å². The average molecular weight is 157 g/mol. The molecule has 0 aliphatic carbocycles. The van der Waals surface area contributed by atoms with Crippen molar-refractivity contribution in [1.82, 2.24) is 5.32 Å². The van der Waals surface area contributed by atoms with Crippen LogP contribution in [-0.2, 0) is 4.74 Å². The lowest BCUT2D eigenvalue weighted by Crippen LogP contribution is -2.26. The van der Waals surface area contributed by atoms with E-state index in [1.807, 2.05) is 6.08 Å². The zero-order chi connectivity index (χ0) is 8.53. The van der Waals surface area contributed by atoms with Gasteiger partial charge in [-0.2, -0.15) is 0 Å². The SMILES string of the molecule is C=CC(CCCOC)NCC. The summed E-state index contributed by atoms with van der Waals surface area (Å²) in [5.74, 6) is 0. The highest BCUT2D eigenvalue weighted by atomic mass is 16.5. The number of hydrogen-bond acceptors (Lipinski definition) is 2. The highest BCUT2D eigenvalue weighted by molar-refractivity contribution is 4.84. The zero-order valence-electron chi connectivity index (χ0n) is 7.60. The normalized spacial score (nSPS) is 12.9. The maximum Gasteiger partial charge on any atom is 0.0462 e. The minimum atomic E-state index is 0.454.